The minimum atomic E-state index is -0.910. The Morgan fingerprint density at radius 2 is 1.81 bits per heavy atom. The second kappa shape index (κ2) is 5.48. The lowest BCUT2D eigenvalue weighted by molar-refractivity contribution is -0.131. The molecule has 0 aromatic rings. The van der Waals surface area contributed by atoms with Crippen LogP contribution >= 0.6 is 0 Å². The molecule has 4 heteroatoms. The predicted molar refractivity (Wildman–Crippen MR) is 103 cm³/mol. The standard InChI is InChI=1S/C23H32O4/c1-12(2)17(24)16-18(25)14-7-8-23(27-20(14)21(5,6)19(16)26)10-9-22(13(3)4)11-15(22)23/h12-13,15,25H,7-11H2,1-6H3/t15-,22+,23-/m1/s1. The van der Waals surface area contributed by atoms with Crippen molar-refractivity contribution in [1.82, 2.24) is 0 Å². The summed E-state index contributed by atoms with van der Waals surface area (Å²) in [6.07, 6.45) is 4.96. The molecule has 148 valence electrons. The first-order chi connectivity index (χ1) is 12.5. The normalized spacial score (nSPS) is 37.0. The van der Waals surface area contributed by atoms with Gasteiger partial charge < -0.3 is 9.84 Å². The van der Waals surface area contributed by atoms with Crippen molar-refractivity contribution in [3.8, 4) is 0 Å². The molecular formula is C23H32O4. The van der Waals surface area contributed by atoms with Gasteiger partial charge in [-0.05, 0) is 57.3 Å². The molecule has 0 radical (unpaired) electrons. The fourth-order valence-corrected chi connectivity index (χ4v) is 5.96. The Labute approximate surface area is 162 Å². The summed E-state index contributed by atoms with van der Waals surface area (Å²) in [6.45, 7) is 11.8. The summed E-state index contributed by atoms with van der Waals surface area (Å²) in [6, 6.07) is 0. The van der Waals surface area contributed by atoms with E-state index in [1.807, 2.05) is 13.8 Å². The van der Waals surface area contributed by atoms with E-state index in [1.54, 1.807) is 13.8 Å². The molecule has 0 aromatic heterocycles. The number of aliphatic hydroxyl groups is 1. The van der Waals surface area contributed by atoms with Gasteiger partial charge in [0.05, 0.1) is 5.41 Å². The lowest BCUT2D eigenvalue weighted by Gasteiger charge is -2.45. The van der Waals surface area contributed by atoms with Crippen molar-refractivity contribution in [2.75, 3.05) is 0 Å². The van der Waals surface area contributed by atoms with E-state index in [4.69, 9.17) is 4.74 Å². The highest BCUT2D eigenvalue weighted by molar-refractivity contribution is 6.24. The van der Waals surface area contributed by atoms with Crippen LogP contribution in [-0.2, 0) is 14.3 Å². The maximum atomic E-state index is 13.2. The SMILES string of the molecule is CC(C)C(=O)C1=C(O)C2=C(O[C@]3(CC2)CC[C@@]2(C(C)C)C[C@@H]32)C(C)(C)C1=O. The highest BCUT2D eigenvalue weighted by Gasteiger charge is 2.71. The minimum Gasteiger partial charge on any atom is -0.507 e. The summed E-state index contributed by atoms with van der Waals surface area (Å²) in [5.41, 5.74) is -0.0511. The number of carbonyl (C=O) groups excluding carboxylic acids is 2. The molecule has 1 spiro atoms. The Balaban J connectivity index is 1.75. The Hall–Kier alpha value is -1.58. The Morgan fingerprint density at radius 1 is 1.15 bits per heavy atom. The van der Waals surface area contributed by atoms with Crippen molar-refractivity contribution in [3.63, 3.8) is 0 Å². The van der Waals surface area contributed by atoms with Gasteiger partial charge in [-0.25, -0.2) is 0 Å². The summed E-state index contributed by atoms with van der Waals surface area (Å²) in [5, 5.41) is 10.8. The largest absolute Gasteiger partial charge is 0.507 e. The Morgan fingerprint density at radius 3 is 2.33 bits per heavy atom. The molecule has 0 aromatic carbocycles. The van der Waals surface area contributed by atoms with E-state index in [0.717, 1.165) is 12.8 Å². The molecule has 4 aliphatic rings. The van der Waals surface area contributed by atoms with Gasteiger partial charge in [-0.1, -0.05) is 27.7 Å². The first-order valence-electron chi connectivity index (χ1n) is 10.4. The van der Waals surface area contributed by atoms with Crippen LogP contribution in [0.1, 0.15) is 73.6 Å². The molecule has 0 saturated heterocycles. The minimum absolute atomic E-state index is 0.0253. The number of aliphatic hydroxyl groups excluding tert-OH is 1. The van der Waals surface area contributed by atoms with Crippen LogP contribution in [0.15, 0.2) is 22.7 Å². The molecule has 1 N–H and O–H groups in total. The van der Waals surface area contributed by atoms with Gasteiger partial charge in [0, 0.05) is 17.4 Å². The molecule has 1 aliphatic heterocycles. The predicted octanol–water partition coefficient (Wildman–Crippen LogP) is 4.89. The van der Waals surface area contributed by atoms with E-state index in [0.29, 0.717) is 35.0 Å². The van der Waals surface area contributed by atoms with Crippen molar-refractivity contribution < 1.29 is 19.4 Å². The number of hydrogen-bond donors (Lipinski definition) is 1. The third-order valence-electron chi connectivity index (χ3n) is 7.95. The fourth-order valence-electron chi connectivity index (χ4n) is 5.96. The molecule has 3 aliphatic carbocycles. The number of Topliss-reactive ketones (excluding diaryl/α,β-unsaturated/α-hetero) is 2. The lowest BCUT2D eigenvalue weighted by Crippen LogP contribution is -2.45. The van der Waals surface area contributed by atoms with Crippen LogP contribution in [0.2, 0.25) is 0 Å². The Bertz CT molecular complexity index is 797. The van der Waals surface area contributed by atoms with Crippen LogP contribution in [0.5, 0.6) is 0 Å². The smallest absolute Gasteiger partial charge is 0.183 e. The van der Waals surface area contributed by atoms with Crippen LogP contribution in [0, 0.1) is 28.6 Å². The van der Waals surface area contributed by atoms with Crippen LogP contribution < -0.4 is 0 Å². The highest BCUT2D eigenvalue weighted by Crippen LogP contribution is 2.74. The number of hydrogen-bond acceptors (Lipinski definition) is 4. The van der Waals surface area contributed by atoms with Gasteiger partial charge >= 0.3 is 0 Å². The van der Waals surface area contributed by atoms with Gasteiger partial charge in [0.25, 0.3) is 0 Å². The van der Waals surface area contributed by atoms with Crippen molar-refractivity contribution in [2.45, 2.75) is 79.2 Å². The summed E-state index contributed by atoms with van der Waals surface area (Å²) >= 11 is 0. The van der Waals surface area contributed by atoms with Gasteiger partial charge in [-0.2, -0.15) is 0 Å². The molecule has 0 amide bonds. The molecule has 1 heterocycles. The van der Waals surface area contributed by atoms with Gasteiger partial charge in [-0.15, -0.1) is 0 Å². The second-order valence-corrected chi connectivity index (χ2v) is 10.3. The van der Waals surface area contributed by atoms with Crippen LogP contribution in [-0.4, -0.2) is 22.3 Å². The maximum Gasteiger partial charge on any atom is 0.183 e. The van der Waals surface area contributed by atoms with E-state index in [2.05, 4.69) is 13.8 Å². The third-order valence-corrected chi connectivity index (χ3v) is 7.95. The molecule has 0 unspecified atom stereocenters. The summed E-state index contributed by atoms with van der Waals surface area (Å²) in [4.78, 5) is 25.8. The summed E-state index contributed by atoms with van der Waals surface area (Å²) in [5.74, 6) is 0.764. The lowest BCUT2D eigenvalue weighted by atomic mass is 9.70. The zero-order valence-electron chi connectivity index (χ0n) is 17.4. The van der Waals surface area contributed by atoms with E-state index in [9.17, 15) is 14.7 Å². The number of rotatable bonds is 3. The quantitative estimate of drug-likeness (QED) is 0.716. The molecular weight excluding hydrogens is 340 g/mol. The first kappa shape index (κ1) is 18.8. The molecule has 4 nitrogen and oxygen atoms in total. The van der Waals surface area contributed by atoms with E-state index in [1.165, 1.54) is 12.8 Å². The molecule has 4 rings (SSSR count). The highest BCUT2D eigenvalue weighted by atomic mass is 16.5. The van der Waals surface area contributed by atoms with Crippen molar-refractivity contribution in [1.29, 1.82) is 0 Å². The number of ketones is 2. The Kier molecular flexibility index (Phi) is 3.81. The molecule has 2 saturated carbocycles. The van der Waals surface area contributed by atoms with Crippen LogP contribution in [0.3, 0.4) is 0 Å². The van der Waals surface area contributed by atoms with Crippen LogP contribution in [0.4, 0.5) is 0 Å². The number of allylic oxidation sites excluding steroid dienone is 3. The van der Waals surface area contributed by atoms with E-state index >= 15 is 0 Å². The van der Waals surface area contributed by atoms with Crippen molar-refractivity contribution in [2.24, 2.45) is 28.6 Å². The third kappa shape index (κ3) is 2.28. The molecule has 2 fully saturated rings. The van der Waals surface area contributed by atoms with Crippen molar-refractivity contribution >= 4 is 11.6 Å². The second-order valence-electron chi connectivity index (χ2n) is 10.3. The topological polar surface area (TPSA) is 63.6 Å². The summed E-state index contributed by atoms with van der Waals surface area (Å²) < 4.78 is 6.67. The van der Waals surface area contributed by atoms with E-state index in [-0.39, 0.29) is 34.4 Å². The summed E-state index contributed by atoms with van der Waals surface area (Å²) in [7, 11) is 0. The zero-order chi connectivity index (χ0) is 19.9. The average Bonchev–Trinajstić information content (AvgIpc) is 3.29. The monoisotopic (exact) mass is 372 g/mol. The number of ether oxygens (including phenoxy) is 1. The van der Waals surface area contributed by atoms with Crippen molar-refractivity contribution in [3.05, 3.63) is 22.7 Å². The fraction of sp³-hybridized carbons (Fsp3) is 0.739. The van der Waals surface area contributed by atoms with Gasteiger partial charge in [0.1, 0.15) is 22.7 Å². The zero-order valence-corrected chi connectivity index (χ0v) is 17.4. The molecule has 27 heavy (non-hydrogen) atoms. The van der Waals surface area contributed by atoms with E-state index < -0.39 is 5.41 Å². The van der Waals surface area contributed by atoms with Gasteiger partial charge in [0.2, 0.25) is 0 Å². The van der Waals surface area contributed by atoms with Crippen LogP contribution in [0.25, 0.3) is 0 Å². The molecule has 0 bridgehead atoms. The van der Waals surface area contributed by atoms with Gasteiger partial charge in [-0.3, -0.25) is 9.59 Å². The number of fused-ring (bicyclic) bond motifs is 2. The maximum absolute atomic E-state index is 13.2. The average molecular weight is 373 g/mol. The molecule has 3 atom stereocenters. The first-order valence-corrected chi connectivity index (χ1v) is 10.4. The van der Waals surface area contributed by atoms with Gasteiger partial charge in [0.15, 0.2) is 11.6 Å². The number of carbonyl (C=O) groups is 2.